The van der Waals surface area contributed by atoms with Crippen LogP contribution in [0.4, 0.5) is 4.39 Å². The molecular formula is C16H24FN3O2. The van der Waals surface area contributed by atoms with Crippen LogP contribution in [-0.2, 0) is 9.59 Å². The number of halogens is 1. The Morgan fingerprint density at radius 1 is 1.27 bits per heavy atom. The van der Waals surface area contributed by atoms with E-state index in [0.717, 1.165) is 18.4 Å². The molecule has 0 fully saturated rings. The number of hydrogen-bond donors (Lipinski definition) is 2. The Morgan fingerprint density at radius 2 is 1.91 bits per heavy atom. The average molecular weight is 309 g/mol. The van der Waals surface area contributed by atoms with Crippen LogP contribution in [-0.4, -0.2) is 36.3 Å². The molecule has 0 aliphatic carbocycles. The van der Waals surface area contributed by atoms with Gasteiger partial charge in [-0.05, 0) is 37.6 Å². The molecule has 3 N–H and O–H groups in total. The van der Waals surface area contributed by atoms with Gasteiger partial charge in [0.25, 0.3) is 0 Å². The van der Waals surface area contributed by atoms with Crippen molar-refractivity contribution in [1.82, 2.24) is 10.2 Å². The van der Waals surface area contributed by atoms with E-state index in [1.54, 1.807) is 17.0 Å². The first-order chi connectivity index (χ1) is 10.4. The number of primary amides is 1. The van der Waals surface area contributed by atoms with Crippen LogP contribution in [0.15, 0.2) is 24.3 Å². The van der Waals surface area contributed by atoms with E-state index in [-0.39, 0.29) is 30.9 Å². The Morgan fingerprint density at radius 3 is 2.45 bits per heavy atom. The number of benzene rings is 1. The van der Waals surface area contributed by atoms with E-state index >= 15 is 0 Å². The fourth-order valence-electron chi connectivity index (χ4n) is 2.14. The predicted octanol–water partition coefficient (Wildman–Crippen LogP) is 1.59. The molecule has 1 atom stereocenters. The van der Waals surface area contributed by atoms with E-state index in [4.69, 9.17) is 5.73 Å². The van der Waals surface area contributed by atoms with Crippen molar-refractivity contribution in [2.75, 3.05) is 19.6 Å². The first-order valence-corrected chi connectivity index (χ1v) is 7.47. The second kappa shape index (κ2) is 9.15. The number of carbonyl (C=O) groups excluding carboxylic acids is 2. The Balaban J connectivity index is 2.54. The number of rotatable bonds is 9. The van der Waals surface area contributed by atoms with Gasteiger partial charge in [0, 0.05) is 0 Å². The molecule has 0 aromatic heterocycles. The van der Waals surface area contributed by atoms with Gasteiger partial charge in [-0.2, -0.15) is 0 Å². The molecule has 1 aromatic carbocycles. The molecule has 1 aromatic rings. The van der Waals surface area contributed by atoms with Crippen molar-refractivity contribution in [3.63, 3.8) is 0 Å². The van der Waals surface area contributed by atoms with Crippen molar-refractivity contribution in [3.8, 4) is 0 Å². The maximum atomic E-state index is 12.9. The molecule has 0 heterocycles. The highest BCUT2D eigenvalue weighted by molar-refractivity contribution is 5.80. The predicted molar refractivity (Wildman–Crippen MR) is 83.5 cm³/mol. The fourth-order valence-corrected chi connectivity index (χ4v) is 2.14. The van der Waals surface area contributed by atoms with Crippen molar-refractivity contribution in [2.24, 2.45) is 5.73 Å². The number of hydrogen-bond acceptors (Lipinski definition) is 3. The van der Waals surface area contributed by atoms with E-state index in [1.807, 2.05) is 13.8 Å². The normalized spacial score (nSPS) is 12.2. The lowest BCUT2D eigenvalue weighted by atomic mass is 10.1. The maximum Gasteiger partial charge on any atom is 0.234 e. The molecule has 0 aliphatic heterocycles. The molecular weight excluding hydrogens is 285 g/mol. The van der Waals surface area contributed by atoms with Gasteiger partial charge in [0.05, 0.1) is 19.1 Å². The largest absolute Gasteiger partial charge is 0.369 e. The molecule has 1 rings (SSSR count). The average Bonchev–Trinajstić information content (AvgIpc) is 2.44. The van der Waals surface area contributed by atoms with Gasteiger partial charge >= 0.3 is 0 Å². The van der Waals surface area contributed by atoms with Crippen LogP contribution in [0.5, 0.6) is 0 Å². The quantitative estimate of drug-likeness (QED) is 0.727. The minimum atomic E-state index is -0.449. The second-order valence-electron chi connectivity index (χ2n) is 5.37. The highest BCUT2D eigenvalue weighted by Crippen LogP contribution is 2.12. The van der Waals surface area contributed by atoms with Gasteiger partial charge in [-0.1, -0.05) is 25.5 Å². The third-order valence-corrected chi connectivity index (χ3v) is 3.32. The smallest absolute Gasteiger partial charge is 0.234 e. The zero-order valence-electron chi connectivity index (χ0n) is 13.1. The Hall–Kier alpha value is -1.95. The van der Waals surface area contributed by atoms with E-state index in [1.165, 1.54) is 12.1 Å². The number of amides is 2. The lowest BCUT2D eigenvalue weighted by Crippen LogP contribution is -2.42. The molecule has 0 spiro atoms. The molecule has 2 amide bonds. The Labute approximate surface area is 130 Å². The van der Waals surface area contributed by atoms with Crippen molar-refractivity contribution in [3.05, 3.63) is 35.6 Å². The van der Waals surface area contributed by atoms with Crippen molar-refractivity contribution in [1.29, 1.82) is 0 Å². The lowest BCUT2D eigenvalue weighted by Gasteiger charge is -2.21. The number of carbonyl (C=O) groups is 2. The van der Waals surface area contributed by atoms with Gasteiger partial charge in [-0.25, -0.2) is 4.39 Å². The SMILES string of the molecule is CCCCN(CC(N)=O)CC(=O)N[C@H](C)c1ccc(F)cc1. The van der Waals surface area contributed by atoms with Gasteiger partial charge in [-0.15, -0.1) is 0 Å². The monoisotopic (exact) mass is 309 g/mol. The standard InChI is InChI=1S/C16H24FN3O2/c1-3-4-9-20(10-15(18)21)11-16(22)19-12(2)13-5-7-14(17)8-6-13/h5-8,12H,3-4,9-11H2,1-2H3,(H2,18,21)(H,19,22)/t12-/m1/s1. The van der Waals surface area contributed by atoms with Gasteiger partial charge in [0.15, 0.2) is 0 Å². The minimum Gasteiger partial charge on any atom is -0.369 e. The van der Waals surface area contributed by atoms with Gasteiger partial charge in [0.1, 0.15) is 5.82 Å². The second-order valence-corrected chi connectivity index (χ2v) is 5.37. The molecule has 0 aliphatic rings. The molecule has 0 saturated carbocycles. The molecule has 0 bridgehead atoms. The summed E-state index contributed by atoms with van der Waals surface area (Å²) in [7, 11) is 0. The van der Waals surface area contributed by atoms with Crippen LogP contribution in [0.1, 0.15) is 38.3 Å². The third-order valence-electron chi connectivity index (χ3n) is 3.32. The van der Waals surface area contributed by atoms with Gasteiger partial charge < -0.3 is 11.1 Å². The molecule has 0 radical (unpaired) electrons. The van der Waals surface area contributed by atoms with Crippen LogP contribution in [0.3, 0.4) is 0 Å². The van der Waals surface area contributed by atoms with Crippen molar-refractivity contribution < 1.29 is 14.0 Å². The van der Waals surface area contributed by atoms with Crippen molar-refractivity contribution in [2.45, 2.75) is 32.7 Å². The Bertz CT molecular complexity index is 491. The maximum absolute atomic E-state index is 12.9. The summed E-state index contributed by atoms with van der Waals surface area (Å²) < 4.78 is 12.9. The number of unbranched alkanes of at least 4 members (excludes halogenated alkanes) is 1. The topological polar surface area (TPSA) is 75.4 Å². The van der Waals surface area contributed by atoms with Crippen molar-refractivity contribution >= 4 is 11.8 Å². The van der Waals surface area contributed by atoms with E-state index < -0.39 is 5.91 Å². The van der Waals surface area contributed by atoms with E-state index in [9.17, 15) is 14.0 Å². The zero-order valence-corrected chi connectivity index (χ0v) is 13.1. The summed E-state index contributed by atoms with van der Waals surface area (Å²) in [5, 5.41) is 2.84. The number of nitrogens with zero attached hydrogens (tertiary/aromatic N) is 1. The lowest BCUT2D eigenvalue weighted by molar-refractivity contribution is -0.124. The van der Waals surface area contributed by atoms with Gasteiger partial charge in [0.2, 0.25) is 11.8 Å². The summed E-state index contributed by atoms with van der Waals surface area (Å²) in [6.07, 6.45) is 1.87. The van der Waals surface area contributed by atoms with Crippen LogP contribution in [0.2, 0.25) is 0 Å². The van der Waals surface area contributed by atoms with Crippen LogP contribution in [0.25, 0.3) is 0 Å². The molecule has 5 nitrogen and oxygen atoms in total. The van der Waals surface area contributed by atoms with Crippen LogP contribution in [0, 0.1) is 5.82 Å². The summed E-state index contributed by atoms with van der Waals surface area (Å²) in [6, 6.07) is 5.77. The first kappa shape index (κ1) is 18.1. The third kappa shape index (κ3) is 6.67. The summed E-state index contributed by atoms with van der Waals surface area (Å²) in [5.41, 5.74) is 6.02. The fraction of sp³-hybridized carbons (Fsp3) is 0.500. The Kier molecular flexibility index (Phi) is 7.52. The number of nitrogens with one attached hydrogen (secondary N) is 1. The van der Waals surface area contributed by atoms with E-state index in [2.05, 4.69) is 5.32 Å². The highest BCUT2D eigenvalue weighted by Gasteiger charge is 2.15. The molecule has 0 unspecified atom stereocenters. The molecule has 6 heteroatoms. The molecule has 0 saturated heterocycles. The summed E-state index contributed by atoms with van der Waals surface area (Å²) in [6.45, 7) is 4.71. The van der Waals surface area contributed by atoms with E-state index in [0.29, 0.717) is 6.54 Å². The summed E-state index contributed by atoms with van der Waals surface area (Å²) in [4.78, 5) is 24.8. The highest BCUT2D eigenvalue weighted by atomic mass is 19.1. The summed E-state index contributed by atoms with van der Waals surface area (Å²) >= 11 is 0. The van der Waals surface area contributed by atoms with Gasteiger partial charge in [-0.3, -0.25) is 14.5 Å². The molecule has 122 valence electrons. The first-order valence-electron chi connectivity index (χ1n) is 7.47. The zero-order chi connectivity index (χ0) is 16.5. The minimum absolute atomic E-state index is 0.0678. The van der Waals surface area contributed by atoms with Crippen LogP contribution >= 0.6 is 0 Å². The summed E-state index contributed by atoms with van der Waals surface area (Å²) in [5.74, 6) is -0.945. The number of nitrogens with two attached hydrogens (primary N) is 1. The van der Waals surface area contributed by atoms with Crippen LogP contribution < -0.4 is 11.1 Å². The molecule has 22 heavy (non-hydrogen) atoms.